The second-order valence-electron chi connectivity index (χ2n) is 8.12. The van der Waals surface area contributed by atoms with Crippen LogP contribution in [0.4, 0.5) is 11.4 Å². The van der Waals surface area contributed by atoms with E-state index in [1.807, 2.05) is 12.1 Å². The Hall–Kier alpha value is -1.62. The molecular weight excluding hydrogens is 338 g/mol. The lowest BCUT2D eigenvalue weighted by molar-refractivity contribution is -0.917. The number of rotatable bonds is 13. The van der Waals surface area contributed by atoms with E-state index in [1.54, 1.807) is 12.1 Å². The van der Waals surface area contributed by atoms with Gasteiger partial charge in [0.05, 0.1) is 31.1 Å². The molecule has 0 bridgehead atoms. The second-order valence-corrected chi connectivity index (χ2v) is 8.12. The first-order valence-electron chi connectivity index (χ1n) is 10.9. The molecule has 0 saturated carbocycles. The average molecular weight is 377 g/mol. The molecule has 0 aliphatic carbocycles. The number of unbranched alkanes of at least 4 members (excludes halogenated alkanes) is 3. The number of nitrogens with zero attached hydrogens (tertiary/aromatic N) is 3. The van der Waals surface area contributed by atoms with Crippen molar-refractivity contribution in [3.8, 4) is 0 Å². The molecular formula is C22H38N3O2+. The van der Waals surface area contributed by atoms with E-state index in [2.05, 4.69) is 18.7 Å². The van der Waals surface area contributed by atoms with Gasteiger partial charge >= 0.3 is 0 Å². The van der Waals surface area contributed by atoms with Gasteiger partial charge in [0.2, 0.25) is 0 Å². The minimum atomic E-state index is -0.324. The Bertz CT molecular complexity index is 553. The van der Waals surface area contributed by atoms with Crippen LogP contribution in [0.25, 0.3) is 0 Å². The van der Waals surface area contributed by atoms with Gasteiger partial charge in [0.25, 0.3) is 5.69 Å². The van der Waals surface area contributed by atoms with Crippen LogP contribution in [0.2, 0.25) is 0 Å². The van der Waals surface area contributed by atoms with Gasteiger partial charge in [-0.15, -0.1) is 0 Å². The molecule has 1 aromatic rings. The van der Waals surface area contributed by atoms with Crippen molar-refractivity contribution in [1.29, 1.82) is 0 Å². The van der Waals surface area contributed by atoms with Crippen molar-refractivity contribution >= 4 is 11.4 Å². The summed E-state index contributed by atoms with van der Waals surface area (Å²) in [7, 11) is 0. The van der Waals surface area contributed by atoms with E-state index in [-0.39, 0.29) is 10.6 Å². The van der Waals surface area contributed by atoms with Gasteiger partial charge in [-0.2, -0.15) is 0 Å². The van der Waals surface area contributed by atoms with Gasteiger partial charge in [-0.25, -0.2) is 0 Å². The minimum absolute atomic E-state index is 0.172. The van der Waals surface area contributed by atoms with E-state index in [1.165, 1.54) is 75.6 Å². The molecule has 0 radical (unpaired) electrons. The number of hydrogen-bond acceptors (Lipinski definition) is 3. The minimum Gasteiger partial charge on any atom is -0.372 e. The van der Waals surface area contributed by atoms with Crippen molar-refractivity contribution in [2.45, 2.75) is 65.2 Å². The SMILES string of the molecule is CCCCN(CCCC[N+]1(CCCC)CCCC1)c1ccc([N+](=O)[O-])cc1. The average Bonchev–Trinajstić information content (AvgIpc) is 3.15. The maximum Gasteiger partial charge on any atom is 0.269 e. The smallest absolute Gasteiger partial charge is 0.269 e. The molecule has 1 fully saturated rings. The predicted molar refractivity (Wildman–Crippen MR) is 113 cm³/mol. The van der Waals surface area contributed by atoms with Crippen molar-refractivity contribution in [3.63, 3.8) is 0 Å². The Labute approximate surface area is 165 Å². The maximum atomic E-state index is 10.9. The highest BCUT2D eigenvalue weighted by Gasteiger charge is 2.30. The van der Waals surface area contributed by atoms with Crippen LogP contribution in [0, 0.1) is 10.1 Å². The summed E-state index contributed by atoms with van der Waals surface area (Å²) in [6, 6.07) is 7.07. The summed E-state index contributed by atoms with van der Waals surface area (Å²) in [5, 5.41) is 10.9. The summed E-state index contributed by atoms with van der Waals surface area (Å²) in [6.45, 7) is 12.0. The summed E-state index contributed by atoms with van der Waals surface area (Å²) < 4.78 is 1.35. The number of likely N-dealkylation sites (tertiary alicyclic amines) is 1. The monoisotopic (exact) mass is 376 g/mol. The number of nitro groups is 1. The van der Waals surface area contributed by atoms with E-state index in [0.29, 0.717) is 0 Å². The molecule has 0 amide bonds. The zero-order valence-corrected chi connectivity index (χ0v) is 17.4. The summed E-state index contributed by atoms with van der Waals surface area (Å²) in [5.74, 6) is 0. The Morgan fingerprint density at radius 3 is 2.11 bits per heavy atom. The Morgan fingerprint density at radius 1 is 0.926 bits per heavy atom. The molecule has 1 aliphatic rings. The van der Waals surface area contributed by atoms with E-state index >= 15 is 0 Å². The van der Waals surface area contributed by atoms with Crippen LogP contribution in [-0.4, -0.2) is 48.7 Å². The molecule has 1 aliphatic heterocycles. The van der Waals surface area contributed by atoms with Crippen molar-refractivity contribution in [1.82, 2.24) is 0 Å². The highest BCUT2D eigenvalue weighted by Crippen LogP contribution is 2.23. The largest absolute Gasteiger partial charge is 0.372 e. The molecule has 0 aromatic heterocycles. The van der Waals surface area contributed by atoms with Crippen molar-refractivity contribution in [2.24, 2.45) is 0 Å². The molecule has 0 unspecified atom stereocenters. The molecule has 5 nitrogen and oxygen atoms in total. The lowest BCUT2D eigenvalue weighted by Crippen LogP contribution is -2.46. The second kappa shape index (κ2) is 11.3. The lowest BCUT2D eigenvalue weighted by Gasteiger charge is -2.35. The maximum absolute atomic E-state index is 10.9. The third-order valence-electron chi connectivity index (χ3n) is 6.02. The molecule has 5 heteroatoms. The number of quaternary nitrogens is 1. The van der Waals surface area contributed by atoms with E-state index in [9.17, 15) is 10.1 Å². The van der Waals surface area contributed by atoms with Crippen LogP contribution in [-0.2, 0) is 0 Å². The molecule has 27 heavy (non-hydrogen) atoms. The molecule has 2 rings (SSSR count). The summed E-state index contributed by atoms with van der Waals surface area (Å²) in [4.78, 5) is 13.0. The molecule has 0 atom stereocenters. The van der Waals surface area contributed by atoms with E-state index < -0.39 is 0 Å². The number of anilines is 1. The van der Waals surface area contributed by atoms with Gasteiger partial charge < -0.3 is 9.38 Å². The molecule has 1 aromatic carbocycles. The fraction of sp³-hybridized carbons (Fsp3) is 0.727. The number of non-ortho nitro benzene ring substituents is 1. The topological polar surface area (TPSA) is 46.4 Å². The van der Waals surface area contributed by atoms with Gasteiger partial charge in [0.15, 0.2) is 0 Å². The van der Waals surface area contributed by atoms with Crippen molar-refractivity contribution in [2.75, 3.05) is 44.2 Å². The quantitative estimate of drug-likeness (QED) is 0.201. The predicted octanol–water partition coefficient (Wildman–Crippen LogP) is 5.39. The normalized spacial score (nSPS) is 15.8. The van der Waals surface area contributed by atoms with Gasteiger partial charge in [-0.05, 0) is 37.8 Å². The van der Waals surface area contributed by atoms with Crippen LogP contribution in [0.5, 0.6) is 0 Å². The van der Waals surface area contributed by atoms with Crippen LogP contribution in [0.3, 0.4) is 0 Å². The zero-order valence-electron chi connectivity index (χ0n) is 17.4. The zero-order chi connectivity index (χ0) is 19.5. The highest BCUT2D eigenvalue weighted by molar-refractivity contribution is 5.50. The van der Waals surface area contributed by atoms with Gasteiger partial charge in [0, 0.05) is 43.8 Å². The Kier molecular flexibility index (Phi) is 9.05. The Morgan fingerprint density at radius 2 is 1.52 bits per heavy atom. The third-order valence-corrected chi connectivity index (χ3v) is 6.02. The van der Waals surface area contributed by atoms with Gasteiger partial charge in [0.1, 0.15) is 0 Å². The molecule has 0 N–H and O–H groups in total. The third kappa shape index (κ3) is 6.80. The van der Waals surface area contributed by atoms with Gasteiger partial charge in [-0.3, -0.25) is 10.1 Å². The lowest BCUT2D eigenvalue weighted by atomic mass is 10.2. The van der Waals surface area contributed by atoms with Crippen LogP contribution < -0.4 is 4.90 Å². The van der Waals surface area contributed by atoms with Crippen molar-refractivity contribution < 1.29 is 9.41 Å². The summed E-state index contributed by atoms with van der Waals surface area (Å²) >= 11 is 0. The summed E-state index contributed by atoms with van der Waals surface area (Å²) in [6.07, 6.45) is 10.3. The number of hydrogen-bond donors (Lipinski definition) is 0. The first-order chi connectivity index (χ1) is 13.1. The Balaban J connectivity index is 1.87. The first-order valence-corrected chi connectivity index (χ1v) is 10.9. The molecule has 0 spiro atoms. The highest BCUT2D eigenvalue weighted by atomic mass is 16.6. The van der Waals surface area contributed by atoms with Crippen LogP contribution >= 0.6 is 0 Å². The van der Waals surface area contributed by atoms with Crippen molar-refractivity contribution in [3.05, 3.63) is 34.4 Å². The van der Waals surface area contributed by atoms with Gasteiger partial charge in [-0.1, -0.05) is 26.7 Å². The molecule has 1 saturated heterocycles. The number of benzene rings is 1. The fourth-order valence-corrected chi connectivity index (χ4v) is 4.31. The standard InChI is InChI=1S/C22H38N3O2/c1-3-5-15-23(21-11-13-22(14-12-21)24(26)27)16-7-8-18-25(17-6-4-2)19-9-10-20-25/h11-14H,3-10,15-20H2,1-2H3/q+1. The molecule has 1 heterocycles. The van der Waals surface area contributed by atoms with E-state index in [0.717, 1.165) is 25.2 Å². The molecule has 152 valence electrons. The van der Waals surface area contributed by atoms with Crippen LogP contribution in [0.15, 0.2) is 24.3 Å². The van der Waals surface area contributed by atoms with E-state index in [4.69, 9.17) is 0 Å². The van der Waals surface area contributed by atoms with Crippen LogP contribution in [0.1, 0.15) is 65.2 Å². The first kappa shape index (κ1) is 21.7. The summed E-state index contributed by atoms with van der Waals surface area (Å²) in [5.41, 5.74) is 1.29. The fourth-order valence-electron chi connectivity index (χ4n) is 4.31. The number of nitro benzene ring substituents is 1.